The first kappa shape index (κ1) is 12.1. The zero-order valence-electron chi connectivity index (χ0n) is 10.1. The number of hydrogen-bond donors (Lipinski definition) is 1. The van der Waals surface area contributed by atoms with Crippen molar-refractivity contribution in [3.63, 3.8) is 0 Å². The minimum atomic E-state index is 0.836. The van der Waals surface area contributed by atoms with E-state index in [1.54, 1.807) is 6.33 Å². The highest BCUT2D eigenvalue weighted by atomic mass is 32.2. The van der Waals surface area contributed by atoms with Crippen molar-refractivity contribution in [3.05, 3.63) is 29.7 Å². The molecule has 0 aliphatic heterocycles. The van der Waals surface area contributed by atoms with E-state index in [2.05, 4.69) is 33.5 Å². The van der Waals surface area contributed by atoms with Gasteiger partial charge >= 0.3 is 0 Å². The van der Waals surface area contributed by atoms with Crippen LogP contribution in [0.3, 0.4) is 0 Å². The second-order valence-corrected chi connectivity index (χ2v) is 4.78. The lowest BCUT2D eigenvalue weighted by Gasteiger charge is -2.06. The molecule has 0 atom stereocenters. The maximum atomic E-state index is 4.45. The van der Waals surface area contributed by atoms with E-state index in [9.17, 15) is 0 Å². The van der Waals surface area contributed by atoms with E-state index >= 15 is 0 Å². The Morgan fingerprint density at radius 2 is 2.29 bits per heavy atom. The van der Waals surface area contributed by atoms with Gasteiger partial charge in [0.2, 0.25) is 0 Å². The largest absolute Gasteiger partial charge is 0.316 e. The van der Waals surface area contributed by atoms with Gasteiger partial charge in [0, 0.05) is 19.8 Å². The zero-order valence-corrected chi connectivity index (χ0v) is 11.0. The van der Waals surface area contributed by atoms with Crippen molar-refractivity contribution in [1.29, 1.82) is 0 Å². The van der Waals surface area contributed by atoms with Crippen LogP contribution in [0.15, 0.2) is 28.8 Å². The fourth-order valence-electron chi connectivity index (χ4n) is 1.48. The Hall–Kier alpha value is -1.40. The van der Waals surface area contributed by atoms with Crippen LogP contribution in [-0.2, 0) is 13.6 Å². The summed E-state index contributed by atoms with van der Waals surface area (Å²) in [5, 5.41) is 12.8. The lowest BCUT2D eigenvalue weighted by atomic mass is 10.2. The molecule has 2 heterocycles. The van der Waals surface area contributed by atoms with E-state index < -0.39 is 0 Å². The molecular formula is C11H15N5S. The molecule has 1 N–H and O–H groups in total. The summed E-state index contributed by atoms with van der Waals surface area (Å²) in [4.78, 5) is 4.45. The fourth-order valence-corrected chi connectivity index (χ4v) is 2.26. The maximum absolute atomic E-state index is 4.45. The summed E-state index contributed by atoms with van der Waals surface area (Å²) in [6, 6.07) is 2.14. The maximum Gasteiger partial charge on any atom is 0.197 e. The summed E-state index contributed by atoms with van der Waals surface area (Å²) >= 11 is 1.53. The summed E-state index contributed by atoms with van der Waals surface area (Å²) in [7, 11) is 3.85. The van der Waals surface area contributed by atoms with Gasteiger partial charge in [0.1, 0.15) is 11.4 Å². The quantitative estimate of drug-likeness (QED) is 0.887. The molecule has 90 valence electrons. The third-order valence-electron chi connectivity index (χ3n) is 2.33. The third-order valence-corrected chi connectivity index (χ3v) is 3.50. The molecule has 0 bridgehead atoms. The number of aromatic nitrogens is 4. The summed E-state index contributed by atoms with van der Waals surface area (Å²) in [5.41, 5.74) is 2.35. The van der Waals surface area contributed by atoms with Crippen molar-refractivity contribution in [3.8, 4) is 0 Å². The molecule has 2 aromatic heterocycles. The van der Waals surface area contributed by atoms with Gasteiger partial charge in [0.05, 0.1) is 0 Å². The number of hydrogen-bond acceptors (Lipinski definition) is 5. The van der Waals surface area contributed by atoms with Gasteiger partial charge < -0.3 is 9.88 Å². The van der Waals surface area contributed by atoms with Gasteiger partial charge in [-0.2, -0.15) is 0 Å². The molecule has 0 radical (unpaired) electrons. The standard InChI is InChI=1S/C11H15N5S/c1-8-4-9(5-12-2)6-13-10(8)17-11-15-14-7-16(11)3/h4,6-7,12H,5H2,1-3H3. The van der Waals surface area contributed by atoms with E-state index in [4.69, 9.17) is 0 Å². The number of rotatable bonds is 4. The second-order valence-electron chi connectivity index (χ2n) is 3.82. The van der Waals surface area contributed by atoms with E-state index in [0.717, 1.165) is 22.3 Å². The van der Waals surface area contributed by atoms with Crippen molar-refractivity contribution in [2.24, 2.45) is 7.05 Å². The van der Waals surface area contributed by atoms with Gasteiger partial charge in [-0.05, 0) is 36.9 Å². The van der Waals surface area contributed by atoms with Gasteiger partial charge in [0.25, 0.3) is 0 Å². The first-order valence-electron chi connectivity index (χ1n) is 5.32. The third kappa shape index (κ3) is 2.83. The average Bonchev–Trinajstić information content (AvgIpc) is 2.69. The highest BCUT2D eigenvalue weighted by Gasteiger charge is 2.08. The molecule has 0 aromatic carbocycles. The molecule has 0 aliphatic carbocycles. The Morgan fingerprint density at radius 1 is 1.47 bits per heavy atom. The van der Waals surface area contributed by atoms with Crippen LogP contribution in [0.1, 0.15) is 11.1 Å². The van der Waals surface area contributed by atoms with E-state index in [1.165, 1.54) is 17.3 Å². The first-order chi connectivity index (χ1) is 8.20. The van der Waals surface area contributed by atoms with E-state index in [0.29, 0.717) is 0 Å². The molecule has 17 heavy (non-hydrogen) atoms. The molecular weight excluding hydrogens is 234 g/mol. The Kier molecular flexibility index (Phi) is 3.75. The average molecular weight is 249 g/mol. The Morgan fingerprint density at radius 3 is 2.88 bits per heavy atom. The molecule has 0 amide bonds. The molecule has 0 unspecified atom stereocenters. The van der Waals surface area contributed by atoms with Crippen LogP contribution in [0.25, 0.3) is 0 Å². The van der Waals surface area contributed by atoms with Crippen molar-refractivity contribution in [2.75, 3.05) is 7.05 Å². The molecule has 0 saturated heterocycles. The predicted molar refractivity (Wildman–Crippen MR) is 66.9 cm³/mol. The van der Waals surface area contributed by atoms with Gasteiger partial charge in [0.15, 0.2) is 5.16 Å². The number of nitrogens with one attached hydrogen (secondary N) is 1. The summed E-state index contributed by atoms with van der Waals surface area (Å²) in [6.45, 7) is 2.90. The van der Waals surface area contributed by atoms with Crippen molar-refractivity contribution in [1.82, 2.24) is 25.1 Å². The lowest BCUT2D eigenvalue weighted by Crippen LogP contribution is -2.06. The first-order valence-corrected chi connectivity index (χ1v) is 6.14. The SMILES string of the molecule is CNCc1cnc(Sc2nncn2C)c(C)c1. The normalized spacial score (nSPS) is 10.8. The van der Waals surface area contributed by atoms with Crippen LogP contribution in [0.2, 0.25) is 0 Å². The number of aryl methyl sites for hydroxylation is 2. The van der Waals surface area contributed by atoms with E-state index in [1.807, 2.05) is 24.9 Å². The Bertz CT molecular complexity index is 508. The highest BCUT2D eigenvalue weighted by molar-refractivity contribution is 7.99. The molecule has 5 nitrogen and oxygen atoms in total. The minimum absolute atomic E-state index is 0.836. The van der Waals surface area contributed by atoms with Gasteiger partial charge in [-0.15, -0.1) is 10.2 Å². The van der Waals surface area contributed by atoms with E-state index in [-0.39, 0.29) is 0 Å². The molecule has 6 heteroatoms. The Labute approximate surface area is 105 Å². The number of pyridine rings is 1. The number of nitrogens with zero attached hydrogens (tertiary/aromatic N) is 4. The molecule has 0 spiro atoms. The van der Waals surface area contributed by atoms with Crippen LogP contribution in [0.4, 0.5) is 0 Å². The van der Waals surface area contributed by atoms with Crippen LogP contribution in [0.5, 0.6) is 0 Å². The molecule has 0 saturated carbocycles. The van der Waals surface area contributed by atoms with Crippen LogP contribution < -0.4 is 5.32 Å². The molecule has 0 fully saturated rings. The molecule has 2 aromatic rings. The van der Waals surface area contributed by atoms with Gasteiger partial charge in [-0.3, -0.25) is 0 Å². The van der Waals surface area contributed by atoms with Gasteiger partial charge in [-0.25, -0.2) is 4.98 Å². The van der Waals surface area contributed by atoms with Crippen molar-refractivity contribution >= 4 is 11.8 Å². The summed E-state index contributed by atoms with van der Waals surface area (Å²) < 4.78 is 1.88. The van der Waals surface area contributed by atoms with Crippen molar-refractivity contribution in [2.45, 2.75) is 23.7 Å². The fraction of sp³-hybridized carbons (Fsp3) is 0.364. The smallest absolute Gasteiger partial charge is 0.197 e. The molecule has 2 rings (SSSR count). The second kappa shape index (κ2) is 5.29. The van der Waals surface area contributed by atoms with Gasteiger partial charge in [-0.1, -0.05) is 6.07 Å². The monoisotopic (exact) mass is 249 g/mol. The lowest BCUT2D eigenvalue weighted by molar-refractivity contribution is 0.784. The van der Waals surface area contributed by atoms with Crippen LogP contribution in [-0.4, -0.2) is 26.8 Å². The topological polar surface area (TPSA) is 55.6 Å². The minimum Gasteiger partial charge on any atom is -0.316 e. The molecule has 0 aliphatic rings. The predicted octanol–water partition coefficient (Wildman–Crippen LogP) is 1.39. The Balaban J connectivity index is 2.19. The van der Waals surface area contributed by atoms with Crippen LogP contribution >= 0.6 is 11.8 Å². The summed E-state index contributed by atoms with van der Waals surface area (Å²) in [5.74, 6) is 0. The summed E-state index contributed by atoms with van der Waals surface area (Å²) in [6.07, 6.45) is 3.58. The van der Waals surface area contributed by atoms with Crippen LogP contribution in [0, 0.1) is 6.92 Å². The van der Waals surface area contributed by atoms with Crippen molar-refractivity contribution < 1.29 is 0 Å². The highest BCUT2D eigenvalue weighted by Crippen LogP contribution is 2.26. The zero-order chi connectivity index (χ0) is 12.3.